The summed E-state index contributed by atoms with van der Waals surface area (Å²) in [5.74, 6) is 1.13. The van der Waals surface area contributed by atoms with Gasteiger partial charge in [0.05, 0.1) is 24.4 Å². The van der Waals surface area contributed by atoms with E-state index in [9.17, 15) is 15.3 Å². The predicted octanol–water partition coefficient (Wildman–Crippen LogP) is 6.11. The van der Waals surface area contributed by atoms with Crippen LogP contribution >= 0.6 is 0 Å². The Labute approximate surface area is 208 Å². The highest BCUT2D eigenvalue weighted by Crippen LogP contribution is 2.58. The molecule has 0 heterocycles. The zero-order chi connectivity index (χ0) is 24.9. The van der Waals surface area contributed by atoms with Crippen LogP contribution in [0.15, 0.2) is 35.5 Å². The van der Waals surface area contributed by atoms with Crippen molar-refractivity contribution in [3.8, 4) is 0 Å². The minimum absolute atomic E-state index is 0.0236. The standard InChI is InChI=1S/C30H50O4/c1-6-30(33,7-2)16-9-17-34-22(4)27-13-14-28-23(10-8-15-29(27,28)5)11-12-24-18-26(32)19-25(20-31)21(24)3/h11-12,22,25-28,31-33H,3,6-10,13-20H2,1-2,4-5H3/b23-11+,24-12-/t22-,25+,26+,27-,28+,29-/m1/s1. The zero-order valence-electron chi connectivity index (χ0n) is 22.2. The number of aliphatic hydroxyl groups excluding tert-OH is 2. The van der Waals surface area contributed by atoms with E-state index in [1.165, 1.54) is 25.7 Å². The molecular weight excluding hydrogens is 424 g/mol. The number of ether oxygens (including phenoxy) is 1. The zero-order valence-corrected chi connectivity index (χ0v) is 22.2. The van der Waals surface area contributed by atoms with Crippen LogP contribution in [0, 0.1) is 23.2 Å². The monoisotopic (exact) mass is 474 g/mol. The summed E-state index contributed by atoms with van der Waals surface area (Å²) in [6, 6.07) is 0. The Bertz CT molecular complexity index is 749. The highest BCUT2D eigenvalue weighted by atomic mass is 16.5. The third-order valence-electron chi connectivity index (χ3n) is 9.72. The smallest absolute Gasteiger partial charge is 0.0643 e. The van der Waals surface area contributed by atoms with Crippen LogP contribution in [-0.4, -0.2) is 46.3 Å². The number of aliphatic hydroxyl groups is 3. The van der Waals surface area contributed by atoms with Gasteiger partial charge < -0.3 is 20.1 Å². The van der Waals surface area contributed by atoms with Crippen LogP contribution in [0.1, 0.15) is 98.3 Å². The summed E-state index contributed by atoms with van der Waals surface area (Å²) in [7, 11) is 0. The molecule has 3 rings (SSSR count). The van der Waals surface area contributed by atoms with E-state index in [1.54, 1.807) is 5.57 Å². The molecule has 3 N–H and O–H groups in total. The molecule has 0 saturated heterocycles. The SMILES string of the molecule is C=C1/C(=C\C=C2/CCC[C@]3(C)[C@@H]([C@@H](C)OCCCC(O)(CC)CC)CC[C@@H]23)C[C@H](O)C[C@H]1CO. The van der Waals surface area contributed by atoms with Gasteiger partial charge in [-0.3, -0.25) is 0 Å². The molecular formula is C30H50O4. The maximum absolute atomic E-state index is 10.5. The molecule has 0 aromatic carbocycles. The quantitative estimate of drug-likeness (QED) is 0.334. The van der Waals surface area contributed by atoms with E-state index < -0.39 is 5.60 Å². The summed E-state index contributed by atoms with van der Waals surface area (Å²) < 4.78 is 6.36. The summed E-state index contributed by atoms with van der Waals surface area (Å²) in [5, 5.41) is 30.4. The first kappa shape index (κ1) is 27.6. The molecule has 0 aromatic heterocycles. The molecule has 194 valence electrons. The Hall–Kier alpha value is -0.940. The van der Waals surface area contributed by atoms with Crippen molar-refractivity contribution in [2.24, 2.45) is 23.2 Å². The fourth-order valence-corrected chi connectivity index (χ4v) is 7.21. The van der Waals surface area contributed by atoms with Gasteiger partial charge in [-0.2, -0.15) is 0 Å². The molecule has 0 radical (unpaired) electrons. The van der Waals surface area contributed by atoms with Gasteiger partial charge in [-0.05, 0) is 106 Å². The lowest BCUT2D eigenvalue weighted by molar-refractivity contribution is -0.0365. The summed E-state index contributed by atoms with van der Waals surface area (Å²) in [5.41, 5.74) is 3.37. The number of rotatable bonds is 10. The van der Waals surface area contributed by atoms with Gasteiger partial charge in [0, 0.05) is 12.5 Å². The first-order valence-electron chi connectivity index (χ1n) is 13.9. The van der Waals surface area contributed by atoms with Crippen molar-refractivity contribution in [3.63, 3.8) is 0 Å². The van der Waals surface area contributed by atoms with E-state index in [0.717, 1.165) is 49.9 Å². The second-order valence-electron chi connectivity index (χ2n) is 11.6. The molecule has 4 heteroatoms. The van der Waals surface area contributed by atoms with E-state index >= 15 is 0 Å². The molecule has 4 nitrogen and oxygen atoms in total. The summed E-state index contributed by atoms with van der Waals surface area (Å²) in [6.45, 7) is 13.9. The minimum atomic E-state index is -0.536. The summed E-state index contributed by atoms with van der Waals surface area (Å²) in [6.07, 6.45) is 15.0. The first-order chi connectivity index (χ1) is 16.2. The largest absolute Gasteiger partial charge is 0.396 e. The van der Waals surface area contributed by atoms with Crippen molar-refractivity contribution in [1.29, 1.82) is 0 Å². The van der Waals surface area contributed by atoms with Crippen LogP contribution in [0.2, 0.25) is 0 Å². The van der Waals surface area contributed by atoms with Gasteiger partial charge in [0.2, 0.25) is 0 Å². The van der Waals surface area contributed by atoms with Gasteiger partial charge in [-0.25, -0.2) is 0 Å². The fraction of sp³-hybridized carbons (Fsp3) is 0.800. The third-order valence-corrected chi connectivity index (χ3v) is 9.72. The van der Waals surface area contributed by atoms with E-state index in [0.29, 0.717) is 24.7 Å². The average Bonchev–Trinajstić information content (AvgIpc) is 3.19. The third kappa shape index (κ3) is 6.06. The Morgan fingerprint density at radius 2 is 1.97 bits per heavy atom. The topological polar surface area (TPSA) is 69.9 Å². The lowest BCUT2D eigenvalue weighted by Gasteiger charge is -2.44. The molecule has 6 atom stereocenters. The molecule has 0 aromatic rings. The van der Waals surface area contributed by atoms with Gasteiger partial charge in [0.1, 0.15) is 0 Å². The lowest BCUT2D eigenvalue weighted by atomic mass is 9.62. The van der Waals surface area contributed by atoms with Crippen molar-refractivity contribution >= 4 is 0 Å². The van der Waals surface area contributed by atoms with Crippen molar-refractivity contribution in [3.05, 3.63) is 35.5 Å². The van der Waals surface area contributed by atoms with Crippen molar-refractivity contribution in [2.75, 3.05) is 13.2 Å². The van der Waals surface area contributed by atoms with Crippen LogP contribution in [0.5, 0.6) is 0 Å². The lowest BCUT2D eigenvalue weighted by Crippen LogP contribution is -2.39. The van der Waals surface area contributed by atoms with Gasteiger partial charge in [0.15, 0.2) is 0 Å². The van der Waals surface area contributed by atoms with Gasteiger partial charge in [-0.1, -0.05) is 45.1 Å². The Balaban J connectivity index is 1.63. The van der Waals surface area contributed by atoms with E-state index in [4.69, 9.17) is 4.74 Å². The summed E-state index contributed by atoms with van der Waals surface area (Å²) >= 11 is 0. The Kier molecular flexibility index (Phi) is 9.65. The van der Waals surface area contributed by atoms with Crippen LogP contribution in [0.25, 0.3) is 0 Å². The second-order valence-corrected chi connectivity index (χ2v) is 11.6. The van der Waals surface area contributed by atoms with Crippen molar-refractivity contribution < 1.29 is 20.1 Å². The molecule has 0 unspecified atom stereocenters. The van der Waals surface area contributed by atoms with Crippen LogP contribution < -0.4 is 0 Å². The minimum Gasteiger partial charge on any atom is -0.396 e. The Morgan fingerprint density at radius 1 is 1.24 bits per heavy atom. The molecule has 34 heavy (non-hydrogen) atoms. The van der Waals surface area contributed by atoms with Gasteiger partial charge in [-0.15, -0.1) is 0 Å². The normalized spacial score (nSPS) is 35.7. The van der Waals surface area contributed by atoms with Crippen LogP contribution in [-0.2, 0) is 4.74 Å². The van der Waals surface area contributed by atoms with Crippen LogP contribution in [0.4, 0.5) is 0 Å². The number of hydrogen-bond donors (Lipinski definition) is 3. The van der Waals surface area contributed by atoms with E-state index in [1.807, 2.05) is 0 Å². The summed E-state index contributed by atoms with van der Waals surface area (Å²) in [4.78, 5) is 0. The second kappa shape index (κ2) is 11.9. The molecule has 0 spiro atoms. The van der Waals surface area contributed by atoms with Crippen molar-refractivity contribution in [1.82, 2.24) is 0 Å². The molecule has 3 aliphatic carbocycles. The average molecular weight is 475 g/mol. The highest BCUT2D eigenvalue weighted by Gasteiger charge is 2.51. The molecule has 3 aliphatic rings. The molecule has 0 amide bonds. The maximum Gasteiger partial charge on any atom is 0.0643 e. The number of hydrogen-bond acceptors (Lipinski definition) is 4. The highest BCUT2D eigenvalue weighted by molar-refractivity contribution is 5.38. The van der Waals surface area contributed by atoms with Gasteiger partial charge in [0.25, 0.3) is 0 Å². The fourth-order valence-electron chi connectivity index (χ4n) is 7.21. The maximum atomic E-state index is 10.5. The van der Waals surface area contributed by atoms with E-state index in [2.05, 4.69) is 46.4 Å². The molecule has 0 aliphatic heterocycles. The first-order valence-corrected chi connectivity index (χ1v) is 13.9. The van der Waals surface area contributed by atoms with E-state index in [-0.39, 0.29) is 30.1 Å². The van der Waals surface area contributed by atoms with Crippen LogP contribution in [0.3, 0.4) is 0 Å². The molecule has 0 bridgehead atoms. The molecule has 3 fully saturated rings. The number of allylic oxidation sites excluding steroid dienone is 3. The predicted molar refractivity (Wildman–Crippen MR) is 139 cm³/mol. The molecule has 3 saturated carbocycles. The Morgan fingerprint density at radius 3 is 2.65 bits per heavy atom. The van der Waals surface area contributed by atoms with Crippen molar-refractivity contribution in [2.45, 2.75) is 116 Å². The number of fused-ring (bicyclic) bond motifs is 1. The van der Waals surface area contributed by atoms with Gasteiger partial charge >= 0.3 is 0 Å².